The van der Waals surface area contributed by atoms with E-state index in [1.54, 1.807) is 12.1 Å². The summed E-state index contributed by atoms with van der Waals surface area (Å²) in [7, 11) is 3.63. The van der Waals surface area contributed by atoms with Crippen molar-refractivity contribution in [2.45, 2.75) is 79.3 Å². The number of carbonyl (C=O) groups is 2. The molecule has 0 heterocycles. The molecule has 0 aromatic heterocycles. The van der Waals surface area contributed by atoms with Gasteiger partial charge in [0.1, 0.15) is 12.1 Å². The largest absolute Gasteiger partial charge is 0.354 e. The summed E-state index contributed by atoms with van der Waals surface area (Å²) in [4.78, 5) is 25.3. The van der Waals surface area contributed by atoms with Crippen molar-refractivity contribution in [3.8, 4) is 0 Å². The number of nitrogens with zero attached hydrogens (tertiary/aromatic N) is 1. The van der Waals surface area contributed by atoms with Gasteiger partial charge in [-0.05, 0) is 31.2 Å². The van der Waals surface area contributed by atoms with Crippen LogP contribution in [0.15, 0.2) is 0 Å². The van der Waals surface area contributed by atoms with E-state index in [2.05, 4.69) is 43.8 Å². The molecular weight excluding hydrogens is 316 g/mol. The van der Waals surface area contributed by atoms with Crippen molar-refractivity contribution in [3.63, 3.8) is 0 Å². The summed E-state index contributed by atoms with van der Waals surface area (Å²) in [5, 5.41) is 7.73. The maximum atomic E-state index is 12.7. The number of rotatable bonds is 11. The van der Waals surface area contributed by atoms with E-state index in [1.165, 1.54) is 0 Å². The maximum absolute atomic E-state index is 12.7. The van der Waals surface area contributed by atoms with Gasteiger partial charge >= 0.3 is 0 Å². The highest BCUT2D eigenvalue weighted by Gasteiger charge is 2.29. The molecule has 6 nitrogen and oxygen atoms in total. The van der Waals surface area contributed by atoms with E-state index in [1.807, 2.05) is 20.9 Å². The molecule has 0 aliphatic carbocycles. The number of hydrogen-bond acceptors (Lipinski definition) is 4. The fourth-order valence-corrected chi connectivity index (χ4v) is 2.68. The second-order valence-corrected chi connectivity index (χ2v) is 8.33. The van der Waals surface area contributed by atoms with Crippen LogP contribution in [-0.4, -0.2) is 49.5 Å². The molecule has 148 valence electrons. The van der Waals surface area contributed by atoms with Gasteiger partial charge < -0.3 is 10.6 Å². The Kier molecular flexibility index (Phi) is 10.9. The topological polar surface area (TPSA) is 73.5 Å². The van der Waals surface area contributed by atoms with E-state index >= 15 is 0 Å². The van der Waals surface area contributed by atoms with Crippen LogP contribution < -0.4 is 16.1 Å². The lowest BCUT2D eigenvalue weighted by Crippen LogP contribution is -2.56. The summed E-state index contributed by atoms with van der Waals surface area (Å²) in [6, 6.07) is -0.796. The van der Waals surface area contributed by atoms with E-state index in [9.17, 15) is 9.59 Å². The predicted molar refractivity (Wildman–Crippen MR) is 104 cm³/mol. The Labute approximate surface area is 154 Å². The average molecular weight is 357 g/mol. The van der Waals surface area contributed by atoms with Gasteiger partial charge in [-0.3, -0.25) is 15.0 Å². The molecule has 0 aliphatic rings. The number of likely N-dealkylation sites (N-methyl/N-ethyl adjacent to an activating group) is 1. The molecule has 0 bridgehead atoms. The first-order valence-corrected chi connectivity index (χ1v) is 9.51. The van der Waals surface area contributed by atoms with Gasteiger partial charge in [0.2, 0.25) is 11.8 Å². The zero-order chi connectivity index (χ0) is 19.6. The van der Waals surface area contributed by atoms with Crippen LogP contribution in [0.3, 0.4) is 0 Å². The number of hydrogen-bond donors (Lipinski definition) is 3. The molecular formula is C19H40N4O2. The number of nitrogens with one attached hydrogen (secondary N) is 3. The Morgan fingerprint density at radius 1 is 1.12 bits per heavy atom. The first-order valence-electron chi connectivity index (χ1n) is 9.51. The van der Waals surface area contributed by atoms with E-state index in [4.69, 9.17) is 0 Å². The highest BCUT2D eigenvalue weighted by molar-refractivity contribution is 5.89. The predicted octanol–water partition coefficient (Wildman–Crippen LogP) is 2.30. The van der Waals surface area contributed by atoms with Crippen LogP contribution in [0.5, 0.6) is 0 Å². The van der Waals surface area contributed by atoms with Gasteiger partial charge in [0.25, 0.3) is 0 Å². The third-order valence-corrected chi connectivity index (χ3v) is 4.32. The van der Waals surface area contributed by atoms with Crippen molar-refractivity contribution in [2.24, 2.45) is 11.3 Å². The Bertz CT molecular complexity index is 405. The molecule has 25 heavy (non-hydrogen) atoms. The van der Waals surface area contributed by atoms with Gasteiger partial charge in [0.15, 0.2) is 0 Å². The van der Waals surface area contributed by atoms with Crippen LogP contribution in [0, 0.1) is 11.3 Å². The highest BCUT2D eigenvalue weighted by Crippen LogP contribution is 2.17. The first-order chi connectivity index (χ1) is 11.5. The Hall–Kier alpha value is -1.14. The Morgan fingerprint density at radius 3 is 2.16 bits per heavy atom. The number of amides is 2. The second kappa shape index (κ2) is 11.5. The number of unbranched alkanes of at least 4 members (excludes halogenated alkanes) is 1. The van der Waals surface area contributed by atoms with Crippen molar-refractivity contribution in [3.05, 3.63) is 0 Å². The summed E-state index contributed by atoms with van der Waals surface area (Å²) in [6.07, 6.45) is 3.47. The van der Waals surface area contributed by atoms with Gasteiger partial charge in [-0.1, -0.05) is 54.4 Å². The molecule has 2 amide bonds. The molecule has 0 saturated heterocycles. The van der Waals surface area contributed by atoms with Crippen LogP contribution in [0.25, 0.3) is 0 Å². The molecule has 2 unspecified atom stereocenters. The van der Waals surface area contributed by atoms with Crippen molar-refractivity contribution in [1.29, 1.82) is 0 Å². The average Bonchev–Trinajstić information content (AvgIpc) is 2.49. The summed E-state index contributed by atoms with van der Waals surface area (Å²) in [5.41, 5.74) is 3.17. The quantitative estimate of drug-likeness (QED) is 0.497. The molecule has 6 heteroatoms. The molecule has 0 saturated carbocycles. The zero-order valence-corrected chi connectivity index (χ0v) is 17.5. The minimum absolute atomic E-state index is 0.0827. The van der Waals surface area contributed by atoms with Gasteiger partial charge in [0.05, 0.1) is 0 Å². The lowest BCUT2D eigenvalue weighted by molar-refractivity contribution is -0.133. The highest BCUT2D eigenvalue weighted by atomic mass is 16.2. The van der Waals surface area contributed by atoms with Gasteiger partial charge in [0, 0.05) is 13.6 Å². The van der Waals surface area contributed by atoms with Crippen molar-refractivity contribution in [2.75, 3.05) is 20.6 Å². The second-order valence-electron chi connectivity index (χ2n) is 8.33. The zero-order valence-electron chi connectivity index (χ0n) is 17.5. The summed E-state index contributed by atoms with van der Waals surface area (Å²) < 4.78 is 0. The minimum Gasteiger partial charge on any atom is -0.354 e. The third-order valence-electron chi connectivity index (χ3n) is 4.32. The van der Waals surface area contributed by atoms with Crippen molar-refractivity contribution >= 4 is 11.8 Å². The summed E-state index contributed by atoms with van der Waals surface area (Å²) in [5.74, 6) is -0.0622. The van der Waals surface area contributed by atoms with Gasteiger partial charge in [-0.15, -0.1) is 0 Å². The molecule has 3 N–H and O–H groups in total. The third kappa shape index (κ3) is 9.80. The van der Waals surface area contributed by atoms with E-state index in [0.29, 0.717) is 13.0 Å². The van der Waals surface area contributed by atoms with Gasteiger partial charge in [-0.2, -0.15) is 0 Å². The monoisotopic (exact) mass is 356 g/mol. The standard InChI is InChI=1S/C19H40N4O2/c1-9-10-11-15(17(24)21-13-12-19(4,5)6)22-18(25)16(14(2)3)23(8)20-7/h14-16,20H,9-13H2,1-8H3,(H,21,24)(H,22,25). The molecule has 0 fully saturated rings. The Balaban J connectivity index is 4.89. The summed E-state index contributed by atoms with van der Waals surface area (Å²) >= 11 is 0. The molecule has 2 atom stereocenters. The van der Waals surface area contributed by atoms with Crippen LogP contribution in [0.1, 0.15) is 67.2 Å². The molecule has 0 aromatic rings. The molecule has 0 rings (SSSR count). The van der Waals surface area contributed by atoms with Crippen molar-refractivity contribution < 1.29 is 9.59 Å². The SMILES string of the molecule is CCCCC(NC(=O)C(C(C)C)N(C)NC)C(=O)NCCC(C)(C)C. The summed E-state index contributed by atoms with van der Waals surface area (Å²) in [6.45, 7) is 13.2. The molecule has 0 radical (unpaired) electrons. The van der Waals surface area contributed by atoms with Crippen LogP contribution in [0.4, 0.5) is 0 Å². The maximum Gasteiger partial charge on any atom is 0.242 e. The fraction of sp³-hybridized carbons (Fsp3) is 0.895. The van der Waals surface area contributed by atoms with E-state index < -0.39 is 6.04 Å². The fourth-order valence-electron chi connectivity index (χ4n) is 2.68. The lowest BCUT2D eigenvalue weighted by Gasteiger charge is -2.31. The van der Waals surface area contributed by atoms with E-state index in [-0.39, 0.29) is 29.2 Å². The van der Waals surface area contributed by atoms with Gasteiger partial charge in [-0.25, -0.2) is 5.01 Å². The Morgan fingerprint density at radius 2 is 1.72 bits per heavy atom. The minimum atomic E-state index is -0.473. The van der Waals surface area contributed by atoms with Crippen LogP contribution in [0.2, 0.25) is 0 Å². The first kappa shape index (κ1) is 23.9. The lowest BCUT2D eigenvalue weighted by atomic mass is 9.92. The molecule has 0 aliphatic heterocycles. The van der Waals surface area contributed by atoms with Crippen molar-refractivity contribution in [1.82, 2.24) is 21.1 Å². The molecule has 0 spiro atoms. The smallest absolute Gasteiger partial charge is 0.242 e. The number of carbonyl (C=O) groups excluding carboxylic acids is 2. The van der Waals surface area contributed by atoms with E-state index in [0.717, 1.165) is 19.3 Å². The molecule has 0 aromatic carbocycles. The number of hydrazine groups is 1. The van der Waals surface area contributed by atoms with Crippen LogP contribution in [-0.2, 0) is 9.59 Å². The normalized spacial score (nSPS) is 14.5. The van der Waals surface area contributed by atoms with Crippen LogP contribution >= 0.6 is 0 Å².